The van der Waals surface area contributed by atoms with Crippen molar-refractivity contribution in [3.8, 4) is 5.75 Å². The lowest BCUT2D eigenvalue weighted by atomic mass is 10.1. The normalized spacial score (nSPS) is 20.3. The molecule has 1 unspecified atom stereocenters. The summed E-state index contributed by atoms with van der Waals surface area (Å²) in [5, 5.41) is 6.81. The third kappa shape index (κ3) is 7.78. The maximum Gasteiger partial charge on any atom is 0.191 e. The molecule has 2 fully saturated rings. The van der Waals surface area contributed by atoms with Gasteiger partial charge < -0.3 is 24.8 Å². The fourth-order valence-corrected chi connectivity index (χ4v) is 3.69. The molecule has 1 aromatic rings. The average molecular weight is 419 g/mol. The Kier molecular flexibility index (Phi) is 9.73. The molecule has 30 heavy (non-hydrogen) atoms. The predicted octanol–water partition coefficient (Wildman–Crippen LogP) is 2.19. The number of morpholine rings is 1. The molecule has 0 amide bonds. The zero-order valence-corrected chi connectivity index (χ0v) is 18.6. The number of nitrogens with one attached hydrogen (secondary N) is 2. The Balaban J connectivity index is 1.49. The van der Waals surface area contributed by atoms with Crippen LogP contribution in [0, 0.1) is 12.8 Å². The molecule has 2 aliphatic heterocycles. The highest BCUT2D eigenvalue weighted by Gasteiger charge is 2.17. The largest absolute Gasteiger partial charge is 0.493 e. The number of benzene rings is 1. The van der Waals surface area contributed by atoms with E-state index in [1.165, 1.54) is 5.56 Å². The molecule has 2 heterocycles. The van der Waals surface area contributed by atoms with Crippen LogP contribution in [-0.2, 0) is 16.0 Å². The van der Waals surface area contributed by atoms with Gasteiger partial charge in [-0.2, -0.15) is 0 Å². The van der Waals surface area contributed by atoms with Gasteiger partial charge in [0.15, 0.2) is 5.96 Å². The van der Waals surface area contributed by atoms with Crippen molar-refractivity contribution < 1.29 is 14.2 Å². The summed E-state index contributed by atoms with van der Waals surface area (Å²) in [5.41, 5.74) is 2.32. The molecule has 2 N–H and O–H groups in total. The summed E-state index contributed by atoms with van der Waals surface area (Å²) in [5.74, 6) is 2.29. The first-order valence-electron chi connectivity index (χ1n) is 11.4. The van der Waals surface area contributed by atoms with E-state index in [0.717, 1.165) is 89.3 Å². The van der Waals surface area contributed by atoms with Gasteiger partial charge >= 0.3 is 0 Å². The van der Waals surface area contributed by atoms with Crippen LogP contribution in [0.4, 0.5) is 0 Å². The molecule has 1 atom stereocenters. The summed E-state index contributed by atoms with van der Waals surface area (Å²) >= 11 is 0. The highest BCUT2D eigenvalue weighted by Crippen LogP contribution is 2.23. The number of ether oxygens (including phenoxy) is 3. The predicted molar refractivity (Wildman–Crippen MR) is 120 cm³/mol. The number of guanidine groups is 1. The van der Waals surface area contributed by atoms with E-state index in [2.05, 4.69) is 47.6 Å². The van der Waals surface area contributed by atoms with Crippen LogP contribution in [0.1, 0.15) is 30.9 Å². The maximum absolute atomic E-state index is 6.15. The molecule has 0 aliphatic carbocycles. The van der Waals surface area contributed by atoms with Gasteiger partial charge in [-0.25, -0.2) is 4.99 Å². The van der Waals surface area contributed by atoms with Crippen molar-refractivity contribution >= 4 is 5.96 Å². The van der Waals surface area contributed by atoms with Gasteiger partial charge in [0.25, 0.3) is 0 Å². The van der Waals surface area contributed by atoms with Crippen LogP contribution in [0.5, 0.6) is 5.75 Å². The van der Waals surface area contributed by atoms with Gasteiger partial charge in [0, 0.05) is 44.3 Å². The number of hydrogen-bond donors (Lipinski definition) is 2. The number of rotatable bonds is 10. The molecule has 0 aromatic heterocycles. The molecule has 0 saturated carbocycles. The first kappa shape index (κ1) is 22.8. The van der Waals surface area contributed by atoms with Crippen LogP contribution >= 0.6 is 0 Å². The van der Waals surface area contributed by atoms with E-state index in [1.807, 2.05) is 0 Å². The van der Waals surface area contributed by atoms with Crippen LogP contribution < -0.4 is 15.4 Å². The topological polar surface area (TPSA) is 67.4 Å². The summed E-state index contributed by atoms with van der Waals surface area (Å²) in [4.78, 5) is 7.25. The van der Waals surface area contributed by atoms with E-state index >= 15 is 0 Å². The van der Waals surface area contributed by atoms with Gasteiger partial charge in [-0.3, -0.25) is 4.90 Å². The zero-order valence-electron chi connectivity index (χ0n) is 18.6. The summed E-state index contributed by atoms with van der Waals surface area (Å²) in [6.45, 7) is 13.8. The van der Waals surface area contributed by atoms with E-state index in [-0.39, 0.29) is 0 Å². The van der Waals surface area contributed by atoms with Crippen LogP contribution in [0.25, 0.3) is 0 Å². The maximum atomic E-state index is 6.15. The smallest absolute Gasteiger partial charge is 0.191 e. The number of nitrogens with zero attached hydrogens (tertiary/aromatic N) is 2. The summed E-state index contributed by atoms with van der Waals surface area (Å²) in [6.07, 6.45) is 2.17. The third-order valence-electron chi connectivity index (χ3n) is 5.52. The molecule has 1 aromatic carbocycles. The molecule has 0 radical (unpaired) electrons. The van der Waals surface area contributed by atoms with Crippen molar-refractivity contribution in [3.05, 3.63) is 29.3 Å². The van der Waals surface area contributed by atoms with E-state index < -0.39 is 0 Å². The van der Waals surface area contributed by atoms with Crippen molar-refractivity contribution in [2.24, 2.45) is 10.9 Å². The molecule has 7 heteroatoms. The van der Waals surface area contributed by atoms with Gasteiger partial charge in [-0.1, -0.05) is 12.1 Å². The van der Waals surface area contributed by atoms with Crippen LogP contribution in [0.2, 0.25) is 0 Å². The summed E-state index contributed by atoms with van der Waals surface area (Å²) in [7, 11) is 0. The van der Waals surface area contributed by atoms with Crippen LogP contribution in [-0.4, -0.2) is 76.6 Å². The minimum atomic E-state index is 0.493. The second-order valence-electron chi connectivity index (χ2n) is 8.08. The SMILES string of the molecule is CCNC(=NCc1ccc(C)cc1OCC1CCOC1)NCCCN1CCOCC1. The molecule has 7 nitrogen and oxygen atoms in total. The second kappa shape index (κ2) is 12.8. The Bertz CT molecular complexity index is 656. The Hall–Kier alpha value is -1.83. The number of hydrogen-bond acceptors (Lipinski definition) is 5. The molecule has 0 bridgehead atoms. The fourth-order valence-electron chi connectivity index (χ4n) is 3.69. The number of aliphatic imine (C=N–C) groups is 1. The highest BCUT2D eigenvalue weighted by atomic mass is 16.5. The first-order valence-corrected chi connectivity index (χ1v) is 11.4. The summed E-state index contributed by atoms with van der Waals surface area (Å²) < 4.78 is 17.0. The van der Waals surface area contributed by atoms with Crippen LogP contribution in [0.3, 0.4) is 0 Å². The van der Waals surface area contributed by atoms with Gasteiger partial charge in [0.05, 0.1) is 33.0 Å². The molecular formula is C23H38N4O3. The first-order chi connectivity index (χ1) is 14.7. The average Bonchev–Trinajstić information content (AvgIpc) is 3.29. The quantitative estimate of drug-likeness (QED) is 0.345. The monoisotopic (exact) mass is 418 g/mol. The Morgan fingerprint density at radius 3 is 2.83 bits per heavy atom. The minimum Gasteiger partial charge on any atom is -0.493 e. The third-order valence-corrected chi connectivity index (χ3v) is 5.52. The summed E-state index contributed by atoms with van der Waals surface area (Å²) in [6, 6.07) is 6.36. The van der Waals surface area contributed by atoms with Crippen molar-refractivity contribution in [2.45, 2.75) is 33.2 Å². The van der Waals surface area contributed by atoms with E-state index in [0.29, 0.717) is 19.1 Å². The fraction of sp³-hybridized carbons (Fsp3) is 0.696. The molecule has 0 spiro atoms. The highest BCUT2D eigenvalue weighted by molar-refractivity contribution is 5.79. The molecule has 168 valence electrons. The van der Waals surface area contributed by atoms with E-state index in [1.54, 1.807) is 0 Å². The van der Waals surface area contributed by atoms with Crippen molar-refractivity contribution in [3.63, 3.8) is 0 Å². The minimum absolute atomic E-state index is 0.493. The number of aryl methyl sites for hydroxylation is 1. The standard InChI is InChI=1S/C23H38N4O3/c1-3-24-23(25-8-4-9-27-10-13-28-14-11-27)26-16-21-6-5-19(2)15-22(21)30-18-20-7-12-29-17-20/h5-6,15,20H,3-4,7-14,16-18H2,1-2H3,(H2,24,25,26). The van der Waals surface area contributed by atoms with Gasteiger partial charge in [0.2, 0.25) is 0 Å². The van der Waals surface area contributed by atoms with Gasteiger partial charge in [-0.15, -0.1) is 0 Å². The molecule has 3 rings (SSSR count). The van der Waals surface area contributed by atoms with Crippen molar-refractivity contribution in [2.75, 3.05) is 65.8 Å². The Morgan fingerprint density at radius 1 is 1.20 bits per heavy atom. The zero-order chi connectivity index (χ0) is 21.0. The second-order valence-corrected chi connectivity index (χ2v) is 8.08. The van der Waals surface area contributed by atoms with Gasteiger partial charge in [0.1, 0.15) is 5.75 Å². The van der Waals surface area contributed by atoms with Crippen molar-refractivity contribution in [1.29, 1.82) is 0 Å². The lowest BCUT2D eigenvalue weighted by Crippen LogP contribution is -2.40. The molecular weight excluding hydrogens is 380 g/mol. The molecule has 2 saturated heterocycles. The van der Waals surface area contributed by atoms with Crippen molar-refractivity contribution in [1.82, 2.24) is 15.5 Å². The van der Waals surface area contributed by atoms with E-state index in [9.17, 15) is 0 Å². The van der Waals surface area contributed by atoms with E-state index in [4.69, 9.17) is 19.2 Å². The Labute approximate surface area is 181 Å². The lowest BCUT2D eigenvalue weighted by molar-refractivity contribution is 0.0376. The van der Waals surface area contributed by atoms with Gasteiger partial charge in [-0.05, 0) is 44.9 Å². The lowest BCUT2D eigenvalue weighted by Gasteiger charge is -2.26. The van der Waals surface area contributed by atoms with Crippen LogP contribution in [0.15, 0.2) is 23.2 Å². The molecule has 2 aliphatic rings. The Morgan fingerprint density at radius 2 is 2.07 bits per heavy atom.